The van der Waals surface area contributed by atoms with Crippen molar-refractivity contribution in [2.45, 2.75) is 44.6 Å². The molecule has 0 radical (unpaired) electrons. The van der Waals surface area contributed by atoms with Gasteiger partial charge in [0.15, 0.2) is 0 Å². The van der Waals surface area contributed by atoms with E-state index in [1.165, 1.54) is 19.3 Å². The van der Waals surface area contributed by atoms with Crippen molar-refractivity contribution >= 4 is 18.3 Å². The van der Waals surface area contributed by atoms with Gasteiger partial charge in [0.1, 0.15) is 0 Å². The Morgan fingerprint density at radius 2 is 1.88 bits per heavy atom. The van der Waals surface area contributed by atoms with Crippen molar-refractivity contribution in [3.8, 4) is 0 Å². The third-order valence-corrected chi connectivity index (χ3v) is 6.88. The lowest BCUT2D eigenvalue weighted by Crippen LogP contribution is -2.52. The van der Waals surface area contributed by atoms with Crippen molar-refractivity contribution in [2.24, 2.45) is 17.3 Å². The summed E-state index contributed by atoms with van der Waals surface area (Å²) in [4.78, 5) is 15.4. The second-order valence-corrected chi connectivity index (χ2v) is 8.21. The third-order valence-electron chi connectivity index (χ3n) is 6.88. The molecule has 5 heteroatoms. The predicted octanol–water partition coefficient (Wildman–Crippen LogP) is 3.16. The average Bonchev–Trinajstić information content (AvgIpc) is 3.13. The van der Waals surface area contributed by atoms with Crippen molar-refractivity contribution in [1.29, 1.82) is 0 Å². The number of benzene rings is 1. The van der Waals surface area contributed by atoms with Gasteiger partial charge >= 0.3 is 0 Å². The molecule has 1 aliphatic carbocycles. The second-order valence-electron chi connectivity index (χ2n) is 8.21. The first-order valence-corrected chi connectivity index (χ1v) is 9.94. The van der Waals surface area contributed by atoms with Gasteiger partial charge in [-0.25, -0.2) is 0 Å². The molecular formula is C21H31ClN2O2. The molecule has 1 unspecified atom stereocenters. The summed E-state index contributed by atoms with van der Waals surface area (Å²) in [6.07, 6.45) is 6.09. The predicted molar refractivity (Wildman–Crippen MR) is 105 cm³/mol. The first kappa shape index (κ1) is 19.7. The van der Waals surface area contributed by atoms with Crippen LogP contribution in [0.25, 0.3) is 0 Å². The highest BCUT2D eigenvalue weighted by atomic mass is 35.5. The van der Waals surface area contributed by atoms with Crippen LogP contribution in [0, 0.1) is 17.3 Å². The third kappa shape index (κ3) is 3.51. The number of amides is 1. The van der Waals surface area contributed by atoms with E-state index in [2.05, 4.69) is 10.2 Å². The number of likely N-dealkylation sites (tertiary alicyclic amines) is 1. The van der Waals surface area contributed by atoms with Crippen LogP contribution in [0.1, 0.15) is 50.2 Å². The molecule has 26 heavy (non-hydrogen) atoms. The number of carbonyl (C=O) groups excluding carboxylic acids is 1. The Bertz CT molecular complexity index is 603. The zero-order valence-electron chi connectivity index (χ0n) is 15.4. The highest BCUT2D eigenvalue weighted by Crippen LogP contribution is 2.45. The Labute approximate surface area is 162 Å². The second kappa shape index (κ2) is 8.28. The van der Waals surface area contributed by atoms with Crippen LogP contribution in [0.2, 0.25) is 0 Å². The van der Waals surface area contributed by atoms with E-state index >= 15 is 0 Å². The van der Waals surface area contributed by atoms with Crippen LogP contribution in [0.15, 0.2) is 30.3 Å². The molecule has 144 valence electrons. The molecule has 0 bridgehead atoms. The van der Waals surface area contributed by atoms with Crippen molar-refractivity contribution in [3.05, 3.63) is 35.9 Å². The Morgan fingerprint density at radius 1 is 1.15 bits per heavy atom. The van der Waals surface area contributed by atoms with Crippen LogP contribution in [0.4, 0.5) is 0 Å². The van der Waals surface area contributed by atoms with E-state index in [0.29, 0.717) is 11.8 Å². The summed E-state index contributed by atoms with van der Waals surface area (Å²) in [6, 6.07) is 9.93. The van der Waals surface area contributed by atoms with Gasteiger partial charge in [-0.2, -0.15) is 0 Å². The molecule has 2 saturated heterocycles. The molecule has 1 aromatic carbocycles. The number of fused-ring (bicyclic) bond motifs is 1. The number of piperidine rings is 1. The van der Waals surface area contributed by atoms with E-state index in [-0.39, 0.29) is 23.7 Å². The lowest BCUT2D eigenvalue weighted by atomic mass is 9.67. The first-order valence-electron chi connectivity index (χ1n) is 9.94. The highest BCUT2D eigenvalue weighted by Gasteiger charge is 2.51. The number of hydrogen-bond acceptors (Lipinski definition) is 3. The minimum Gasteiger partial charge on any atom is -0.388 e. The summed E-state index contributed by atoms with van der Waals surface area (Å²) in [5.41, 5.74) is 0.863. The molecule has 2 aliphatic heterocycles. The van der Waals surface area contributed by atoms with Gasteiger partial charge < -0.3 is 15.3 Å². The van der Waals surface area contributed by atoms with Gasteiger partial charge in [0.25, 0.3) is 0 Å². The molecule has 3 aliphatic rings. The summed E-state index contributed by atoms with van der Waals surface area (Å²) in [5, 5.41) is 14.1. The molecule has 2 N–H and O–H groups in total. The Hall–Kier alpha value is -1.10. The number of aliphatic hydroxyl groups is 1. The van der Waals surface area contributed by atoms with Crippen LogP contribution >= 0.6 is 12.4 Å². The summed E-state index contributed by atoms with van der Waals surface area (Å²) >= 11 is 0. The van der Waals surface area contributed by atoms with Crippen LogP contribution < -0.4 is 5.32 Å². The van der Waals surface area contributed by atoms with E-state index in [9.17, 15) is 9.90 Å². The highest BCUT2D eigenvalue weighted by molar-refractivity contribution is 5.85. The van der Waals surface area contributed by atoms with Crippen molar-refractivity contribution in [3.63, 3.8) is 0 Å². The molecule has 4 nitrogen and oxygen atoms in total. The molecule has 4 rings (SSSR count). The van der Waals surface area contributed by atoms with E-state index in [0.717, 1.165) is 51.0 Å². The van der Waals surface area contributed by atoms with Crippen molar-refractivity contribution in [1.82, 2.24) is 10.2 Å². The fourth-order valence-corrected chi connectivity index (χ4v) is 5.32. The maximum atomic E-state index is 13.3. The Morgan fingerprint density at radius 3 is 2.62 bits per heavy atom. The van der Waals surface area contributed by atoms with Crippen LogP contribution in [0.5, 0.6) is 0 Å². The number of carbonyl (C=O) groups is 1. The average molecular weight is 379 g/mol. The van der Waals surface area contributed by atoms with Crippen LogP contribution in [-0.4, -0.2) is 42.1 Å². The zero-order valence-corrected chi connectivity index (χ0v) is 16.2. The van der Waals surface area contributed by atoms with Crippen molar-refractivity contribution < 1.29 is 9.90 Å². The molecule has 0 aromatic heterocycles. The topological polar surface area (TPSA) is 52.6 Å². The van der Waals surface area contributed by atoms with E-state index in [1.807, 2.05) is 30.3 Å². The lowest BCUT2D eigenvalue weighted by molar-refractivity contribution is -0.147. The van der Waals surface area contributed by atoms with Gasteiger partial charge in [-0.15, -0.1) is 12.4 Å². The monoisotopic (exact) mass is 378 g/mol. The van der Waals surface area contributed by atoms with E-state index in [4.69, 9.17) is 0 Å². The van der Waals surface area contributed by atoms with E-state index in [1.54, 1.807) is 0 Å². The van der Waals surface area contributed by atoms with Gasteiger partial charge in [-0.1, -0.05) is 43.2 Å². The molecule has 1 amide bonds. The SMILES string of the molecule is Cl.O=C(N1CCC(C(O)c2ccccc2)CC1)[C@@]12CCCC[C@H]1CNC2. The standard InChI is InChI=1S/C21H30N2O2.ClH/c24-19(16-6-2-1-3-7-16)17-9-12-23(13-10-17)20(25)21-11-5-4-8-18(21)14-22-15-21;/h1-3,6-7,17-19,22,24H,4-5,8-15H2;1H/t18-,19?,21+;/m0./s1. The van der Waals surface area contributed by atoms with Gasteiger partial charge in [-0.05, 0) is 49.6 Å². The van der Waals surface area contributed by atoms with Crippen LogP contribution in [0.3, 0.4) is 0 Å². The molecule has 3 atom stereocenters. The molecule has 3 fully saturated rings. The fraction of sp³-hybridized carbons (Fsp3) is 0.667. The number of nitrogens with one attached hydrogen (secondary N) is 1. The number of nitrogens with zero attached hydrogens (tertiary/aromatic N) is 1. The van der Waals surface area contributed by atoms with Crippen molar-refractivity contribution in [2.75, 3.05) is 26.2 Å². The minimum absolute atomic E-state index is 0. The van der Waals surface area contributed by atoms with Gasteiger partial charge in [0.05, 0.1) is 11.5 Å². The molecular weight excluding hydrogens is 348 g/mol. The number of rotatable bonds is 3. The Balaban J connectivity index is 0.00000196. The van der Waals surface area contributed by atoms with Gasteiger partial charge in [-0.3, -0.25) is 4.79 Å². The normalized spacial score (nSPS) is 30.3. The summed E-state index contributed by atoms with van der Waals surface area (Å²) in [5.74, 6) is 1.17. The summed E-state index contributed by atoms with van der Waals surface area (Å²) in [7, 11) is 0. The van der Waals surface area contributed by atoms with Crippen LogP contribution in [-0.2, 0) is 4.79 Å². The summed E-state index contributed by atoms with van der Waals surface area (Å²) in [6.45, 7) is 3.46. The molecule has 1 saturated carbocycles. The van der Waals surface area contributed by atoms with Gasteiger partial charge in [0, 0.05) is 19.6 Å². The number of halogens is 1. The number of aliphatic hydroxyl groups excluding tert-OH is 1. The minimum atomic E-state index is -0.410. The maximum Gasteiger partial charge on any atom is 0.230 e. The molecule has 2 heterocycles. The summed E-state index contributed by atoms with van der Waals surface area (Å²) < 4.78 is 0. The molecule has 1 aromatic rings. The Kier molecular flexibility index (Phi) is 6.26. The molecule has 0 spiro atoms. The lowest BCUT2D eigenvalue weighted by Gasteiger charge is -2.43. The van der Waals surface area contributed by atoms with E-state index < -0.39 is 6.10 Å². The number of hydrogen-bond donors (Lipinski definition) is 2. The zero-order chi connectivity index (χ0) is 17.3. The smallest absolute Gasteiger partial charge is 0.230 e. The van der Waals surface area contributed by atoms with Gasteiger partial charge in [0.2, 0.25) is 5.91 Å². The quantitative estimate of drug-likeness (QED) is 0.849. The largest absolute Gasteiger partial charge is 0.388 e. The first-order chi connectivity index (χ1) is 12.2. The maximum absolute atomic E-state index is 13.3. The fourth-order valence-electron chi connectivity index (χ4n) is 5.32.